The van der Waals surface area contributed by atoms with Crippen LogP contribution in [0.15, 0.2) is 36.1 Å². The van der Waals surface area contributed by atoms with Crippen molar-refractivity contribution in [2.75, 3.05) is 20.3 Å². The van der Waals surface area contributed by atoms with Crippen LogP contribution in [0.2, 0.25) is 0 Å². The van der Waals surface area contributed by atoms with Crippen molar-refractivity contribution in [3.63, 3.8) is 0 Å². The third-order valence-electron chi connectivity index (χ3n) is 11.8. The summed E-state index contributed by atoms with van der Waals surface area (Å²) in [5.41, 5.74) is 7.00. The Morgan fingerprint density at radius 3 is 2.64 bits per heavy atom. The Balaban J connectivity index is 1.50. The van der Waals surface area contributed by atoms with E-state index >= 15 is 0 Å². The predicted molar refractivity (Wildman–Crippen MR) is 157 cm³/mol. The van der Waals surface area contributed by atoms with Crippen molar-refractivity contribution in [2.24, 2.45) is 57.9 Å². The van der Waals surface area contributed by atoms with Gasteiger partial charge >= 0.3 is 0 Å². The zero-order valence-electron chi connectivity index (χ0n) is 25.1. The molecule has 0 aromatic heterocycles. The molecule has 0 radical (unpaired) electrons. The second-order valence-electron chi connectivity index (χ2n) is 13.7. The fraction of sp³-hybridized carbons (Fsp3) is 0.788. The van der Waals surface area contributed by atoms with Gasteiger partial charge < -0.3 is 10.5 Å². The van der Waals surface area contributed by atoms with Gasteiger partial charge in [0.15, 0.2) is 5.78 Å². The molecule has 5 nitrogen and oxygen atoms in total. The lowest BCUT2D eigenvalue weighted by Crippen LogP contribution is -2.53. The van der Waals surface area contributed by atoms with Gasteiger partial charge in [0.2, 0.25) is 0 Å². The Morgan fingerprint density at radius 2 is 1.92 bits per heavy atom. The lowest BCUT2D eigenvalue weighted by atomic mass is 9.48. The SMILES string of the molecule is CCC1(C)C(C(=O)CN(N)C2C=CC(F)C=CCC(N)=C2)CCC1C1CCC2CC(C)CCC2(COC)C1C. The minimum atomic E-state index is -1.18. The molecule has 4 rings (SSSR count). The highest BCUT2D eigenvalue weighted by Gasteiger charge is 2.58. The molecule has 0 heterocycles. The first-order valence-electron chi connectivity index (χ1n) is 15.5. The lowest BCUT2D eigenvalue weighted by molar-refractivity contribution is -0.133. The van der Waals surface area contributed by atoms with Gasteiger partial charge in [0.05, 0.1) is 19.2 Å². The van der Waals surface area contributed by atoms with Gasteiger partial charge in [-0.15, -0.1) is 0 Å². The van der Waals surface area contributed by atoms with E-state index in [4.69, 9.17) is 16.3 Å². The number of allylic oxidation sites excluding steroid dienone is 3. The lowest BCUT2D eigenvalue weighted by Gasteiger charge is -2.58. The molecule has 6 heteroatoms. The molecule has 0 saturated heterocycles. The third kappa shape index (κ3) is 6.08. The minimum Gasteiger partial charge on any atom is -0.402 e. The fourth-order valence-corrected chi connectivity index (χ4v) is 9.34. The molecule has 10 atom stereocenters. The summed E-state index contributed by atoms with van der Waals surface area (Å²) in [4.78, 5) is 13.9. The number of hydrogen-bond donors (Lipinski definition) is 2. The van der Waals surface area contributed by atoms with E-state index in [9.17, 15) is 9.18 Å². The van der Waals surface area contributed by atoms with Crippen LogP contribution >= 0.6 is 0 Å². The van der Waals surface area contributed by atoms with Crippen LogP contribution in [0, 0.1) is 46.3 Å². The number of ether oxygens (including phenoxy) is 1. The Kier molecular flexibility index (Phi) is 9.81. The quantitative estimate of drug-likeness (QED) is 0.212. The standard InChI is InChI=1S/C33H54FN3O2/c1-6-32(4)29(28-13-10-24-18-22(2)16-17-33(24,21-39-5)23(28)3)14-15-30(32)31(38)20-37(36)27-12-11-25(34)8-7-9-26(35)19-27/h7-8,11-12,19,22-25,27-30H,6,9-10,13-18,20-21,35-36H2,1-5H3. The number of rotatable bonds is 8. The Bertz CT molecular complexity index is 949. The monoisotopic (exact) mass is 543 g/mol. The second kappa shape index (κ2) is 12.6. The van der Waals surface area contributed by atoms with Crippen LogP contribution in [-0.2, 0) is 9.53 Å². The van der Waals surface area contributed by atoms with E-state index in [0.29, 0.717) is 29.9 Å². The maximum atomic E-state index is 14.1. The maximum absolute atomic E-state index is 14.1. The van der Waals surface area contributed by atoms with E-state index in [2.05, 4.69) is 27.7 Å². The molecule has 0 spiro atoms. The number of carbonyl (C=O) groups excluding carboxylic acids is 1. The van der Waals surface area contributed by atoms with Crippen molar-refractivity contribution in [1.82, 2.24) is 5.01 Å². The number of halogens is 1. The molecule has 220 valence electrons. The van der Waals surface area contributed by atoms with Crippen LogP contribution in [0.3, 0.4) is 0 Å². The molecule has 10 unspecified atom stereocenters. The summed E-state index contributed by atoms with van der Waals surface area (Å²) in [5.74, 6) is 9.98. The number of fused-ring (bicyclic) bond motifs is 1. The first kappa shape index (κ1) is 30.5. The van der Waals surface area contributed by atoms with Crippen molar-refractivity contribution in [1.29, 1.82) is 0 Å². The summed E-state index contributed by atoms with van der Waals surface area (Å²) in [6, 6.07) is -0.407. The minimum absolute atomic E-state index is 0.00884. The molecule has 4 N–H and O–H groups in total. The molecule has 0 bridgehead atoms. The zero-order chi connectivity index (χ0) is 28.4. The first-order chi connectivity index (χ1) is 18.6. The van der Waals surface area contributed by atoms with Crippen molar-refractivity contribution in [2.45, 2.75) is 97.7 Å². The van der Waals surface area contributed by atoms with E-state index in [0.717, 1.165) is 37.7 Å². The number of nitrogens with two attached hydrogens (primary N) is 2. The summed E-state index contributed by atoms with van der Waals surface area (Å²) in [5, 5.41) is 1.54. The van der Waals surface area contributed by atoms with Crippen molar-refractivity contribution < 1.29 is 13.9 Å². The number of ketones is 1. The molecule has 4 aliphatic rings. The van der Waals surface area contributed by atoms with Gasteiger partial charge in [0.25, 0.3) is 0 Å². The van der Waals surface area contributed by atoms with Crippen molar-refractivity contribution >= 4 is 5.78 Å². The molecule has 0 amide bonds. The van der Waals surface area contributed by atoms with Crippen molar-refractivity contribution in [3.8, 4) is 0 Å². The second-order valence-corrected chi connectivity index (χ2v) is 13.7. The highest BCUT2D eigenvalue weighted by molar-refractivity contribution is 5.84. The maximum Gasteiger partial charge on any atom is 0.151 e. The number of Topliss-reactive ketones (excluding diaryl/α,β-unsaturated/α-hetero) is 1. The summed E-state index contributed by atoms with van der Waals surface area (Å²) < 4.78 is 20.0. The molecule has 39 heavy (non-hydrogen) atoms. The van der Waals surface area contributed by atoms with Gasteiger partial charge in [-0.3, -0.25) is 10.6 Å². The van der Waals surface area contributed by atoms with Gasteiger partial charge in [0.1, 0.15) is 6.17 Å². The van der Waals surface area contributed by atoms with Crippen molar-refractivity contribution in [3.05, 3.63) is 36.1 Å². The van der Waals surface area contributed by atoms with Gasteiger partial charge in [-0.1, -0.05) is 52.3 Å². The number of nitrogens with zero attached hydrogens (tertiary/aromatic N) is 1. The molecular formula is C33H54FN3O2. The summed E-state index contributed by atoms with van der Waals surface area (Å²) >= 11 is 0. The van der Waals surface area contributed by atoms with Crippen LogP contribution in [-0.4, -0.2) is 43.3 Å². The van der Waals surface area contributed by atoms with E-state index in [-0.39, 0.29) is 29.1 Å². The molecule has 0 aliphatic heterocycles. The highest BCUT2D eigenvalue weighted by Crippen LogP contribution is 2.63. The molecule has 3 fully saturated rings. The van der Waals surface area contributed by atoms with Crippen LogP contribution in [0.25, 0.3) is 0 Å². The molecule has 0 aromatic carbocycles. The normalized spacial score (nSPS) is 42.9. The average molecular weight is 544 g/mol. The molecule has 0 aromatic rings. The van der Waals surface area contributed by atoms with Gasteiger partial charge in [-0.2, -0.15) is 0 Å². The number of hydrogen-bond acceptors (Lipinski definition) is 5. The topological polar surface area (TPSA) is 81.6 Å². The van der Waals surface area contributed by atoms with E-state index in [1.54, 1.807) is 12.2 Å². The molecule has 4 aliphatic carbocycles. The average Bonchev–Trinajstić information content (AvgIpc) is 3.27. The number of hydrazine groups is 1. The largest absolute Gasteiger partial charge is 0.402 e. The van der Waals surface area contributed by atoms with Crippen LogP contribution in [0.1, 0.15) is 85.5 Å². The zero-order valence-corrected chi connectivity index (χ0v) is 25.1. The van der Waals surface area contributed by atoms with Gasteiger partial charge in [-0.25, -0.2) is 9.40 Å². The summed E-state index contributed by atoms with van der Waals surface area (Å²) in [7, 11) is 1.87. The number of carbonyl (C=O) groups is 1. The number of methoxy groups -OCH3 is 1. The highest BCUT2D eigenvalue weighted by atomic mass is 19.1. The molecular weight excluding hydrogens is 489 g/mol. The molecule has 3 saturated carbocycles. The van der Waals surface area contributed by atoms with Crippen LogP contribution in [0.4, 0.5) is 4.39 Å². The Hall–Kier alpha value is -1.50. The fourth-order valence-electron chi connectivity index (χ4n) is 9.34. The predicted octanol–water partition coefficient (Wildman–Crippen LogP) is 6.35. The van der Waals surface area contributed by atoms with E-state index in [1.807, 2.05) is 13.2 Å². The smallest absolute Gasteiger partial charge is 0.151 e. The Morgan fingerprint density at radius 1 is 1.15 bits per heavy atom. The van der Waals surface area contributed by atoms with E-state index < -0.39 is 12.2 Å². The first-order valence-corrected chi connectivity index (χ1v) is 15.5. The third-order valence-corrected chi connectivity index (χ3v) is 11.8. The number of alkyl halides is 1. The van der Waals surface area contributed by atoms with Crippen LogP contribution < -0.4 is 11.6 Å². The van der Waals surface area contributed by atoms with Gasteiger partial charge in [0, 0.05) is 25.1 Å². The summed E-state index contributed by atoms with van der Waals surface area (Å²) in [6.45, 7) is 10.6. The van der Waals surface area contributed by atoms with Gasteiger partial charge in [-0.05, 0) is 97.5 Å². The van der Waals surface area contributed by atoms with E-state index in [1.165, 1.54) is 49.3 Å². The summed E-state index contributed by atoms with van der Waals surface area (Å²) in [6.07, 6.45) is 17.1. The Labute approximate surface area is 236 Å². The van der Waals surface area contributed by atoms with Crippen LogP contribution in [0.5, 0.6) is 0 Å².